The van der Waals surface area contributed by atoms with E-state index in [1.807, 2.05) is 43.3 Å². The molecule has 0 fully saturated rings. The van der Waals surface area contributed by atoms with E-state index in [9.17, 15) is 0 Å². The van der Waals surface area contributed by atoms with Crippen molar-refractivity contribution in [2.24, 2.45) is 5.73 Å². The Morgan fingerprint density at radius 1 is 1.10 bits per heavy atom. The fraction of sp³-hybridized carbons (Fsp3) is 0.294. The van der Waals surface area contributed by atoms with Gasteiger partial charge >= 0.3 is 0 Å². The van der Waals surface area contributed by atoms with Crippen LogP contribution in [0.1, 0.15) is 25.0 Å². The summed E-state index contributed by atoms with van der Waals surface area (Å²) < 4.78 is 5.99. The summed E-state index contributed by atoms with van der Waals surface area (Å²) in [5, 5.41) is 1.40. The Morgan fingerprint density at radius 3 is 2.52 bits per heavy atom. The highest BCUT2D eigenvalue weighted by molar-refractivity contribution is 6.31. The van der Waals surface area contributed by atoms with Crippen LogP contribution in [0.4, 0.5) is 0 Å². The second-order valence-electron chi connectivity index (χ2n) is 5.14. The molecule has 0 amide bonds. The van der Waals surface area contributed by atoms with Crippen molar-refractivity contribution in [2.75, 3.05) is 0 Å². The molecule has 21 heavy (non-hydrogen) atoms. The second-order valence-corrected chi connectivity index (χ2v) is 5.99. The number of rotatable bonds is 5. The molecule has 0 radical (unpaired) electrons. The molecule has 0 spiro atoms. The minimum atomic E-state index is 0.0601. The van der Waals surface area contributed by atoms with E-state index >= 15 is 0 Å². The molecule has 112 valence electrons. The highest BCUT2D eigenvalue weighted by Gasteiger charge is 2.09. The van der Waals surface area contributed by atoms with Gasteiger partial charge in [-0.25, -0.2) is 0 Å². The van der Waals surface area contributed by atoms with Gasteiger partial charge in [0.05, 0.1) is 0 Å². The van der Waals surface area contributed by atoms with Gasteiger partial charge in [0.15, 0.2) is 0 Å². The lowest BCUT2D eigenvalue weighted by Gasteiger charge is -2.14. The van der Waals surface area contributed by atoms with Crippen molar-refractivity contribution in [3.8, 4) is 11.5 Å². The zero-order valence-corrected chi connectivity index (χ0v) is 13.7. The van der Waals surface area contributed by atoms with E-state index in [-0.39, 0.29) is 6.04 Å². The maximum absolute atomic E-state index is 6.13. The summed E-state index contributed by atoms with van der Waals surface area (Å²) in [6, 6.07) is 11.4. The Morgan fingerprint density at radius 2 is 1.86 bits per heavy atom. The lowest BCUT2D eigenvalue weighted by molar-refractivity contribution is 0.473. The van der Waals surface area contributed by atoms with Crippen molar-refractivity contribution in [1.82, 2.24) is 0 Å². The molecular formula is C17H19Cl2NO. The quantitative estimate of drug-likeness (QED) is 0.816. The van der Waals surface area contributed by atoms with E-state index in [4.69, 9.17) is 33.7 Å². The van der Waals surface area contributed by atoms with Crippen LogP contribution in [-0.4, -0.2) is 6.04 Å². The van der Waals surface area contributed by atoms with Gasteiger partial charge < -0.3 is 10.5 Å². The van der Waals surface area contributed by atoms with Gasteiger partial charge in [0.1, 0.15) is 11.5 Å². The molecule has 2 rings (SSSR count). The van der Waals surface area contributed by atoms with Crippen LogP contribution in [0.25, 0.3) is 0 Å². The second kappa shape index (κ2) is 7.17. The zero-order chi connectivity index (χ0) is 15.4. The molecule has 2 N–H and O–H groups in total. The van der Waals surface area contributed by atoms with Gasteiger partial charge in [-0.1, -0.05) is 36.2 Å². The summed E-state index contributed by atoms with van der Waals surface area (Å²) in [4.78, 5) is 0. The number of aryl methyl sites for hydroxylation is 1. The topological polar surface area (TPSA) is 35.2 Å². The molecule has 0 heterocycles. The van der Waals surface area contributed by atoms with Crippen molar-refractivity contribution in [3.05, 3.63) is 57.6 Å². The molecule has 2 aromatic rings. The van der Waals surface area contributed by atoms with Gasteiger partial charge in [-0.15, -0.1) is 0 Å². The molecule has 0 aromatic heterocycles. The van der Waals surface area contributed by atoms with Gasteiger partial charge in [0.25, 0.3) is 0 Å². The number of ether oxygens (including phenoxy) is 1. The Hall–Kier alpha value is -1.22. The molecule has 0 aliphatic rings. The first-order valence-corrected chi connectivity index (χ1v) is 7.75. The summed E-state index contributed by atoms with van der Waals surface area (Å²) in [5.74, 6) is 1.49. The van der Waals surface area contributed by atoms with Crippen LogP contribution in [0, 0.1) is 0 Å². The first-order valence-electron chi connectivity index (χ1n) is 7.00. The van der Waals surface area contributed by atoms with E-state index < -0.39 is 0 Å². The summed E-state index contributed by atoms with van der Waals surface area (Å²) in [7, 11) is 0. The standard InChI is InChI=1S/C17H19Cl2NO/c1-3-12-9-15(6-7-16(12)19)21-17-10-14(18)5-4-13(17)8-11(2)20/h4-7,9-11H,3,8,20H2,1-2H3. The third kappa shape index (κ3) is 4.37. The number of benzene rings is 2. The highest BCUT2D eigenvalue weighted by Crippen LogP contribution is 2.31. The van der Waals surface area contributed by atoms with Crippen molar-refractivity contribution >= 4 is 23.2 Å². The number of hydrogen-bond donors (Lipinski definition) is 1. The smallest absolute Gasteiger partial charge is 0.132 e. The molecule has 1 atom stereocenters. The minimum Gasteiger partial charge on any atom is -0.457 e. The molecule has 0 aliphatic carbocycles. The molecule has 2 nitrogen and oxygen atoms in total. The van der Waals surface area contributed by atoms with Crippen LogP contribution in [0.5, 0.6) is 11.5 Å². The first kappa shape index (κ1) is 16.2. The molecule has 0 bridgehead atoms. The Labute approximate surface area is 135 Å². The zero-order valence-electron chi connectivity index (χ0n) is 12.2. The molecule has 1 unspecified atom stereocenters. The van der Waals surface area contributed by atoms with Crippen LogP contribution >= 0.6 is 23.2 Å². The van der Waals surface area contributed by atoms with Crippen molar-refractivity contribution < 1.29 is 4.74 Å². The summed E-state index contributed by atoms with van der Waals surface area (Å²) in [6.07, 6.45) is 1.60. The third-order valence-corrected chi connectivity index (χ3v) is 3.80. The fourth-order valence-electron chi connectivity index (χ4n) is 2.15. The highest BCUT2D eigenvalue weighted by atomic mass is 35.5. The van der Waals surface area contributed by atoms with Crippen molar-refractivity contribution in [3.63, 3.8) is 0 Å². The number of halogens is 2. The fourth-order valence-corrected chi connectivity index (χ4v) is 2.56. The average molecular weight is 324 g/mol. The molecular weight excluding hydrogens is 305 g/mol. The maximum atomic E-state index is 6.13. The normalized spacial score (nSPS) is 12.2. The van der Waals surface area contributed by atoms with Gasteiger partial charge in [-0.2, -0.15) is 0 Å². The van der Waals surface area contributed by atoms with E-state index in [1.165, 1.54) is 0 Å². The third-order valence-electron chi connectivity index (χ3n) is 3.20. The molecule has 2 aromatic carbocycles. The maximum Gasteiger partial charge on any atom is 0.132 e. The lowest BCUT2D eigenvalue weighted by atomic mass is 10.1. The van der Waals surface area contributed by atoms with Crippen molar-refractivity contribution in [2.45, 2.75) is 32.7 Å². The van der Waals surface area contributed by atoms with Gasteiger partial charge in [-0.3, -0.25) is 0 Å². The van der Waals surface area contributed by atoms with E-state index in [0.29, 0.717) is 5.02 Å². The van der Waals surface area contributed by atoms with Crippen LogP contribution in [-0.2, 0) is 12.8 Å². The predicted molar refractivity (Wildman–Crippen MR) is 89.7 cm³/mol. The number of hydrogen-bond acceptors (Lipinski definition) is 2. The Bertz CT molecular complexity index is 626. The molecule has 0 saturated heterocycles. The summed E-state index contributed by atoms with van der Waals surface area (Å²) in [5.41, 5.74) is 7.99. The van der Waals surface area contributed by atoms with Gasteiger partial charge in [-0.05, 0) is 61.2 Å². The SMILES string of the molecule is CCc1cc(Oc2cc(Cl)ccc2CC(C)N)ccc1Cl. The number of nitrogens with two attached hydrogens (primary N) is 1. The van der Waals surface area contributed by atoms with E-state index in [0.717, 1.165) is 40.5 Å². The van der Waals surface area contributed by atoms with Crippen molar-refractivity contribution in [1.29, 1.82) is 0 Å². The molecule has 0 saturated carbocycles. The van der Waals surface area contributed by atoms with Crippen LogP contribution in [0.3, 0.4) is 0 Å². The Balaban J connectivity index is 2.31. The molecule has 4 heteroatoms. The van der Waals surface area contributed by atoms with Crippen LogP contribution in [0.2, 0.25) is 10.0 Å². The Kier molecular flexibility index (Phi) is 5.51. The van der Waals surface area contributed by atoms with Crippen LogP contribution < -0.4 is 10.5 Å². The van der Waals surface area contributed by atoms with E-state index in [1.54, 1.807) is 0 Å². The molecule has 0 aliphatic heterocycles. The van der Waals surface area contributed by atoms with Gasteiger partial charge in [0, 0.05) is 16.1 Å². The lowest BCUT2D eigenvalue weighted by Crippen LogP contribution is -2.18. The first-order chi connectivity index (χ1) is 9.99. The monoisotopic (exact) mass is 323 g/mol. The van der Waals surface area contributed by atoms with Crippen LogP contribution in [0.15, 0.2) is 36.4 Å². The average Bonchev–Trinajstić information content (AvgIpc) is 2.43. The summed E-state index contributed by atoms with van der Waals surface area (Å²) >= 11 is 12.2. The predicted octanol–water partition coefficient (Wildman–Crippen LogP) is 5.24. The minimum absolute atomic E-state index is 0.0601. The largest absolute Gasteiger partial charge is 0.457 e. The summed E-state index contributed by atoms with van der Waals surface area (Å²) in [6.45, 7) is 4.03. The van der Waals surface area contributed by atoms with Gasteiger partial charge in [0.2, 0.25) is 0 Å². The van der Waals surface area contributed by atoms with E-state index in [2.05, 4.69) is 6.92 Å².